The van der Waals surface area contributed by atoms with Crippen LogP contribution in [0.1, 0.15) is 1.43 Å². The van der Waals surface area contributed by atoms with Crippen molar-refractivity contribution < 1.29 is 36.1 Å². The zero-order valence-electron chi connectivity index (χ0n) is 12.5. The van der Waals surface area contributed by atoms with Crippen LogP contribution in [0, 0.1) is 0 Å². The molecule has 0 fully saturated rings. The standard InChI is InChI=1S/C18H14O.Na.H/c19-16-12-10-15(11-13-16)18-9-5-4-8-17(18)14-6-2-1-3-7-14;;/h1-13,19H;;/q;+1;-1. The van der Waals surface area contributed by atoms with Crippen LogP contribution < -0.4 is 29.6 Å². The Morgan fingerprint density at radius 3 is 1.55 bits per heavy atom. The fourth-order valence-electron chi connectivity index (χ4n) is 2.25. The van der Waals surface area contributed by atoms with Crippen LogP contribution >= 0.6 is 0 Å². The molecule has 20 heavy (non-hydrogen) atoms. The van der Waals surface area contributed by atoms with E-state index in [0.717, 1.165) is 5.56 Å². The van der Waals surface area contributed by atoms with Crippen molar-refractivity contribution in [2.45, 2.75) is 0 Å². The van der Waals surface area contributed by atoms with Gasteiger partial charge in [-0.15, -0.1) is 0 Å². The smallest absolute Gasteiger partial charge is 1.00 e. The maximum Gasteiger partial charge on any atom is 1.00 e. The first-order valence-electron chi connectivity index (χ1n) is 6.28. The molecule has 3 aromatic carbocycles. The van der Waals surface area contributed by atoms with Crippen LogP contribution in [0.5, 0.6) is 5.75 Å². The maximum absolute atomic E-state index is 9.39. The summed E-state index contributed by atoms with van der Waals surface area (Å²) < 4.78 is 0. The molecular weight excluding hydrogens is 255 g/mol. The second kappa shape index (κ2) is 6.76. The van der Waals surface area contributed by atoms with E-state index in [4.69, 9.17) is 0 Å². The molecule has 0 saturated carbocycles. The van der Waals surface area contributed by atoms with Crippen molar-refractivity contribution in [3.8, 4) is 28.0 Å². The van der Waals surface area contributed by atoms with E-state index < -0.39 is 0 Å². The van der Waals surface area contributed by atoms with Gasteiger partial charge in [-0.3, -0.25) is 0 Å². The number of rotatable bonds is 2. The molecule has 0 radical (unpaired) electrons. The second-order valence-corrected chi connectivity index (χ2v) is 4.46. The summed E-state index contributed by atoms with van der Waals surface area (Å²) in [5.74, 6) is 0.293. The van der Waals surface area contributed by atoms with Gasteiger partial charge in [-0.2, -0.15) is 0 Å². The Labute approximate surface area is 142 Å². The largest absolute Gasteiger partial charge is 1.00 e. The minimum Gasteiger partial charge on any atom is -1.00 e. The predicted molar refractivity (Wildman–Crippen MR) is 80.1 cm³/mol. The normalized spacial score (nSPS) is 9.80. The van der Waals surface area contributed by atoms with E-state index >= 15 is 0 Å². The van der Waals surface area contributed by atoms with E-state index in [0.29, 0.717) is 5.75 Å². The molecule has 2 heteroatoms. The molecule has 0 bridgehead atoms. The molecule has 0 aliphatic rings. The van der Waals surface area contributed by atoms with Crippen LogP contribution in [-0.2, 0) is 0 Å². The van der Waals surface area contributed by atoms with Gasteiger partial charge in [0.05, 0.1) is 0 Å². The van der Waals surface area contributed by atoms with Crippen molar-refractivity contribution in [2.75, 3.05) is 0 Å². The summed E-state index contributed by atoms with van der Waals surface area (Å²) in [5, 5.41) is 9.39. The molecule has 0 unspecified atom stereocenters. The molecule has 0 saturated heterocycles. The Kier molecular flexibility index (Phi) is 5.02. The summed E-state index contributed by atoms with van der Waals surface area (Å²) >= 11 is 0. The van der Waals surface area contributed by atoms with Gasteiger partial charge in [0.2, 0.25) is 0 Å². The molecule has 0 heterocycles. The number of aromatic hydroxyl groups is 1. The summed E-state index contributed by atoms with van der Waals surface area (Å²) in [5.41, 5.74) is 4.69. The quantitative estimate of drug-likeness (QED) is 0.705. The fraction of sp³-hybridized carbons (Fsp3) is 0. The van der Waals surface area contributed by atoms with Gasteiger partial charge in [0.25, 0.3) is 0 Å². The van der Waals surface area contributed by atoms with E-state index in [1.807, 2.05) is 42.5 Å². The number of hydrogen-bond acceptors (Lipinski definition) is 1. The SMILES string of the molecule is Oc1ccc(-c2ccccc2-c2ccccc2)cc1.[H-].[Na+]. The molecule has 0 aliphatic carbocycles. The van der Waals surface area contributed by atoms with Crippen LogP contribution in [0.25, 0.3) is 22.3 Å². The van der Waals surface area contributed by atoms with Crippen LogP contribution in [0.2, 0.25) is 0 Å². The van der Waals surface area contributed by atoms with E-state index in [1.165, 1.54) is 16.7 Å². The Hall–Kier alpha value is -1.54. The summed E-state index contributed by atoms with van der Waals surface area (Å²) in [4.78, 5) is 0. The van der Waals surface area contributed by atoms with Crippen LogP contribution in [-0.4, -0.2) is 5.11 Å². The minimum atomic E-state index is 0. The second-order valence-electron chi connectivity index (χ2n) is 4.46. The van der Waals surface area contributed by atoms with E-state index in [-0.39, 0.29) is 31.0 Å². The van der Waals surface area contributed by atoms with Crippen molar-refractivity contribution >= 4 is 0 Å². The van der Waals surface area contributed by atoms with Gasteiger partial charge >= 0.3 is 29.6 Å². The third kappa shape index (κ3) is 3.13. The molecule has 0 amide bonds. The molecule has 3 rings (SSSR count). The summed E-state index contributed by atoms with van der Waals surface area (Å²) in [7, 11) is 0. The zero-order chi connectivity index (χ0) is 13.1. The summed E-state index contributed by atoms with van der Waals surface area (Å²) in [6.07, 6.45) is 0. The van der Waals surface area contributed by atoms with Crippen molar-refractivity contribution in [3.05, 3.63) is 78.9 Å². The Morgan fingerprint density at radius 2 is 1.00 bits per heavy atom. The average Bonchev–Trinajstić information content (AvgIpc) is 2.49. The van der Waals surface area contributed by atoms with Crippen LogP contribution in [0.3, 0.4) is 0 Å². The van der Waals surface area contributed by atoms with Crippen molar-refractivity contribution in [1.29, 1.82) is 0 Å². The molecule has 0 aliphatic heterocycles. The van der Waals surface area contributed by atoms with Crippen molar-refractivity contribution in [1.82, 2.24) is 0 Å². The van der Waals surface area contributed by atoms with Gasteiger partial charge in [-0.05, 0) is 34.4 Å². The number of phenols is 1. The number of benzene rings is 3. The maximum atomic E-state index is 9.39. The molecule has 3 aromatic rings. The molecule has 1 nitrogen and oxygen atoms in total. The monoisotopic (exact) mass is 270 g/mol. The van der Waals surface area contributed by atoms with E-state index in [9.17, 15) is 5.11 Å². The zero-order valence-corrected chi connectivity index (χ0v) is 13.5. The molecule has 1 N–H and O–H groups in total. The number of phenolic OH excluding ortho intramolecular Hbond substituents is 1. The molecule has 94 valence electrons. The van der Waals surface area contributed by atoms with E-state index in [2.05, 4.69) is 24.3 Å². The van der Waals surface area contributed by atoms with E-state index in [1.54, 1.807) is 12.1 Å². The first-order chi connectivity index (χ1) is 9.34. The summed E-state index contributed by atoms with van der Waals surface area (Å²) in [6, 6.07) is 26.0. The first kappa shape index (κ1) is 14.9. The van der Waals surface area contributed by atoms with Crippen LogP contribution in [0.15, 0.2) is 78.9 Å². The Balaban J connectivity index is 0.00000110. The van der Waals surface area contributed by atoms with Gasteiger partial charge in [-0.25, -0.2) is 0 Å². The van der Waals surface area contributed by atoms with Crippen molar-refractivity contribution in [3.63, 3.8) is 0 Å². The predicted octanol–water partition coefficient (Wildman–Crippen LogP) is 1.84. The Morgan fingerprint density at radius 1 is 0.550 bits per heavy atom. The minimum absolute atomic E-state index is 0. The molecule has 0 atom stereocenters. The van der Waals surface area contributed by atoms with Gasteiger partial charge in [0, 0.05) is 0 Å². The van der Waals surface area contributed by atoms with Gasteiger partial charge in [0.1, 0.15) is 5.75 Å². The summed E-state index contributed by atoms with van der Waals surface area (Å²) in [6.45, 7) is 0. The topological polar surface area (TPSA) is 20.2 Å². The number of hydrogen-bond donors (Lipinski definition) is 1. The molecule has 0 spiro atoms. The van der Waals surface area contributed by atoms with Crippen molar-refractivity contribution in [2.24, 2.45) is 0 Å². The third-order valence-corrected chi connectivity index (χ3v) is 3.19. The third-order valence-electron chi connectivity index (χ3n) is 3.19. The first-order valence-corrected chi connectivity index (χ1v) is 6.28. The van der Waals surface area contributed by atoms with Crippen LogP contribution in [0.4, 0.5) is 0 Å². The molecule has 0 aromatic heterocycles. The fourth-order valence-corrected chi connectivity index (χ4v) is 2.25. The van der Waals surface area contributed by atoms with Gasteiger partial charge in [-0.1, -0.05) is 66.7 Å². The average molecular weight is 270 g/mol. The van der Waals surface area contributed by atoms with Gasteiger partial charge in [0.15, 0.2) is 0 Å². The molecular formula is C18H15NaO. The van der Waals surface area contributed by atoms with Gasteiger partial charge < -0.3 is 6.53 Å². The Bertz CT molecular complexity index is 681.